The number of nitrogens with zero attached hydrogens (tertiary/aromatic N) is 1. The number of carbonyl (C=O) groups excluding carboxylic acids is 1. The van der Waals surface area contributed by atoms with E-state index in [4.69, 9.17) is 0 Å². The standard InChI is InChI=1S/C15H18FNO2/c16-12-6-4-10(5-7-12)13-8-9-14(18)17(13)15(19)11-2-1-3-11/h4-7,11,13-14,18H,1-3,8-9H2. The molecule has 1 heterocycles. The van der Waals surface area contributed by atoms with Crippen molar-refractivity contribution in [3.05, 3.63) is 35.6 Å². The van der Waals surface area contributed by atoms with Crippen molar-refractivity contribution in [2.75, 3.05) is 0 Å². The quantitative estimate of drug-likeness (QED) is 0.891. The Hall–Kier alpha value is -1.42. The maximum atomic E-state index is 13.0. The molecule has 1 aliphatic heterocycles. The highest BCUT2D eigenvalue weighted by Crippen LogP contribution is 2.39. The van der Waals surface area contributed by atoms with Crippen LogP contribution in [0.3, 0.4) is 0 Å². The predicted molar refractivity (Wildman–Crippen MR) is 68.6 cm³/mol. The molecule has 1 amide bonds. The Labute approximate surface area is 112 Å². The third-order valence-corrected chi connectivity index (χ3v) is 4.32. The number of halogens is 1. The maximum absolute atomic E-state index is 13.0. The third kappa shape index (κ3) is 2.25. The molecular formula is C15H18FNO2. The van der Waals surface area contributed by atoms with Gasteiger partial charge in [0.15, 0.2) is 0 Å². The van der Waals surface area contributed by atoms with Gasteiger partial charge in [0, 0.05) is 5.92 Å². The van der Waals surface area contributed by atoms with E-state index in [0.717, 1.165) is 31.2 Å². The summed E-state index contributed by atoms with van der Waals surface area (Å²) in [6.45, 7) is 0. The van der Waals surface area contributed by atoms with Crippen molar-refractivity contribution in [3.8, 4) is 0 Å². The van der Waals surface area contributed by atoms with Crippen LogP contribution in [0.25, 0.3) is 0 Å². The van der Waals surface area contributed by atoms with Crippen LogP contribution < -0.4 is 0 Å². The van der Waals surface area contributed by atoms with Crippen LogP contribution in [-0.2, 0) is 4.79 Å². The number of hydrogen-bond acceptors (Lipinski definition) is 2. The van der Waals surface area contributed by atoms with Gasteiger partial charge in [-0.1, -0.05) is 18.6 Å². The van der Waals surface area contributed by atoms with E-state index in [-0.39, 0.29) is 23.7 Å². The van der Waals surface area contributed by atoms with Crippen LogP contribution >= 0.6 is 0 Å². The molecule has 0 radical (unpaired) electrons. The Morgan fingerprint density at radius 2 is 1.84 bits per heavy atom. The average Bonchev–Trinajstić information content (AvgIpc) is 2.70. The lowest BCUT2D eigenvalue weighted by Gasteiger charge is -2.34. The predicted octanol–water partition coefficient (Wildman–Crippen LogP) is 2.61. The van der Waals surface area contributed by atoms with Crippen LogP contribution in [0.15, 0.2) is 24.3 Å². The van der Waals surface area contributed by atoms with Gasteiger partial charge in [0.2, 0.25) is 5.91 Å². The molecule has 1 N–H and O–H groups in total. The van der Waals surface area contributed by atoms with Crippen LogP contribution in [0.2, 0.25) is 0 Å². The number of aliphatic hydroxyl groups excluding tert-OH is 1. The summed E-state index contributed by atoms with van der Waals surface area (Å²) in [6.07, 6.45) is 3.60. The van der Waals surface area contributed by atoms with Crippen LogP contribution in [0.1, 0.15) is 43.7 Å². The van der Waals surface area contributed by atoms with E-state index in [1.807, 2.05) is 0 Å². The molecule has 0 bridgehead atoms. The molecule has 0 spiro atoms. The Balaban J connectivity index is 1.83. The van der Waals surface area contributed by atoms with E-state index in [9.17, 15) is 14.3 Å². The Bertz CT molecular complexity index is 470. The Kier molecular flexibility index (Phi) is 3.27. The van der Waals surface area contributed by atoms with Gasteiger partial charge in [-0.2, -0.15) is 0 Å². The van der Waals surface area contributed by atoms with Crippen molar-refractivity contribution in [2.24, 2.45) is 5.92 Å². The van der Waals surface area contributed by atoms with Gasteiger partial charge < -0.3 is 10.0 Å². The molecule has 0 aromatic heterocycles. The number of carbonyl (C=O) groups is 1. The Morgan fingerprint density at radius 3 is 2.42 bits per heavy atom. The molecule has 1 aliphatic carbocycles. The summed E-state index contributed by atoms with van der Waals surface area (Å²) in [5, 5.41) is 10.0. The first kappa shape index (κ1) is 12.6. The van der Waals surface area contributed by atoms with E-state index in [2.05, 4.69) is 0 Å². The first-order chi connectivity index (χ1) is 9.16. The van der Waals surface area contributed by atoms with E-state index >= 15 is 0 Å². The number of aliphatic hydroxyl groups is 1. The van der Waals surface area contributed by atoms with Crippen molar-refractivity contribution in [1.29, 1.82) is 0 Å². The lowest BCUT2D eigenvalue weighted by atomic mass is 9.84. The van der Waals surface area contributed by atoms with Crippen LogP contribution in [-0.4, -0.2) is 22.1 Å². The average molecular weight is 263 g/mol. The molecular weight excluding hydrogens is 245 g/mol. The zero-order valence-corrected chi connectivity index (χ0v) is 10.8. The zero-order valence-electron chi connectivity index (χ0n) is 10.8. The second-order valence-electron chi connectivity index (χ2n) is 5.50. The molecule has 19 heavy (non-hydrogen) atoms. The van der Waals surface area contributed by atoms with E-state index in [1.165, 1.54) is 12.1 Å². The first-order valence-corrected chi connectivity index (χ1v) is 6.92. The molecule has 4 heteroatoms. The van der Waals surface area contributed by atoms with Crippen molar-refractivity contribution < 1.29 is 14.3 Å². The second kappa shape index (κ2) is 4.93. The van der Waals surface area contributed by atoms with Gasteiger partial charge in [-0.05, 0) is 43.4 Å². The number of rotatable bonds is 2. The smallest absolute Gasteiger partial charge is 0.228 e. The molecule has 3 nitrogen and oxygen atoms in total. The largest absolute Gasteiger partial charge is 0.374 e. The van der Waals surface area contributed by atoms with Gasteiger partial charge >= 0.3 is 0 Å². The van der Waals surface area contributed by atoms with E-state index in [1.54, 1.807) is 17.0 Å². The molecule has 2 unspecified atom stereocenters. The van der Waals surface area contributed by atoms with Gasteiger partial charge in [-0.15, -0.1) is 0 Å². The summed E-state index contributed by atoms with van der Waals surface area (Å²) < 4.78 is 13.0. The summed E-state index contributed by atoms with van der Waals surface area (Å²) in [4.78, 5) is 14.0. The summed E-state index contributed by atoms with van der Waals surface area (Å²) in [5.74, 6) is -0.138. The lowest BCUT2D eigenvalue weighted by Crippen LogP contribution is -2.43. The first-order valence-electron chi connectivity index (χ1n) is 6.92. The summed E-state index contributed by atoms with van der Waals surface area (Å²) in [5.41, 5.74) is 0.908. The Morgan fingerprint density at radius 1 is 1.16 bits per heavy atom. The van der Waals surface area contributed by atoms with Gasteiger partial charge in [-0.3, -0.25) is 4.79 Å². The van der Waals surface area contributed by atoms with Gasteiger partial charge in [-0.25, -0.2) is 4.39 Å². The summed E-state index contributed by atoms with van der Waals surface area (Å²) >= 11 is 0. The fraction of sp³-hybridized carbons (Fsp3) is 0.533. The van der Waals surface area contributed by atoms with Gasteiger partial charge in [0.1, 0.15) is 12.0 Å². The van der Waals surface area contributed by atoms with Crippen molar-refractivity contribution in [3.63, 3.8) is 0 Å². The minimum absolute atomic E-state index is 0.0607. The minimum Gasteiger partial charge on any atom is -0.374 e. The molecule has 2 fully saturated rings. The summed E-state index contributed by atoms with van der Waals surface area (Å²) in [6, 6.07) is 6.12. The van der Waals surface area contributed by atoms with E-state index in [0.29, 0.717) is 6.42 Å². The maximum Gasteiger partial charge on any atom is 0.228 e. The molecule has 3 rings (SSSR count). The SMILES string of the molecule is O=C(C1CCC1)N1C(O)CCC1c1ccc(F)cc1. The van der Waals surface area contributed by atoms with Crippen LogP contribution in [0.4, 0.5) is 4.39 Å². The van der Waals surface area contributed by atoms with Gasteiger partial charge in [0.25, 0.3) is 0 Å². The van der Waals surface area contributed by atoms with E-state index < -0.39 is 6.23 Å². The van der Waals surface area contributed by atoms with Crippen molar-refractivity contribution in [1.82, 2.24) is 4.90 Å². The van der Waals surface area contributed by atoms with Crippen LogP contribution in [0.5, 0.6) is 0 Å². The number of hydrogen-bond donors (Lipinski definition) is 1. The topological polar surface area (TPSA) is 40.5 Å². The number of benzene rings is 1. The molecule has 1 aromatic carbocycles. The number of amides is 1. The fourth-order valence-corrected chi connectivity index (χ4v) is 2.97. The van der Waals surface area contributed by atoms with Gasteiger partial charge in [0.05, 0.1) is 6.04 Å². The molecule has 2 atom stereocenters. The summed E-state index contributed by atoms with van der Waals surface area (Å²) in [7, 11) is 0. The lowest BCUT2D eigenvalue weighted by molar-refractivity contribution is -0.148. The van der Waals surface area contributed by atoms with Crippen molar-refractivity contribution >= 4 is 5.91 Å². The van der Waals surface area contributed by atoms with Crippen molar-refractivity contribution in [2.45, 2.75) is 44.4 Å². The highest BCUT2D eigenvalue weighted by molar-refractivity contribution is 5.80. The molecule has 102 valence electrons. The normalized spacial score (nSPS) is 27.4. The van der Waals surface area contributed by atoms with Crippen LogP contribution in [0, 0.1) is 11.7 Å². The number of likely N-dealkylation sites (tertiary alicyclic amines) is 1. The molecule has 2 aliphatic rings. The fourth-order valence-electron chi connectivity index (χ4n) is 2.97. The minimum atomic E-state index is -0.692. The second-order valence-corrected chi connectivity index (χ2v) is 5.50. The molecule has 1 saturated carbocycles. The third-order valence-electron chi connectivity index (χ3n) is 4.32. The monoisotopic (exact) mass is 263 g/mol. The highest BCUT2D eigenvalue weighted by atomic mass is 19.1. The zero-order chi connectivity index (χ0) is 13.4. The molecule has 1 aromatic rings. The molecule has 1 saturated heterocycles. The highest BCUT2D eigenvalue weighted by Gasteiger charge is 2.40.